The molecule has 0 heterocycles. The second-order valence-electron chi connectivity index (χ2n) is 4.00. The lowest BCUT2D eigenvalue weighted by Crippen LogP contribution is -2.15. The van der Waals surface area contributed by atoms with Gasteiger partial charge in [0.2, 0.25) is 0 Å². The summed E-state index contributed by atoms with van der Waals surface area (Å²) >= 11 is 3.28. The molecule has 0 bridgehead atoms. The summed E-state index contributed by atoms with van der Waals surface area (Å²) in [5.41, 5.74) is 6.06. The van der Waals surface area contributed by atoms with Gasteiger partial charge in [-0.3, -0.25) is 4.79 Å². The average molecular weight is 339 g/mol. The van der Waals surface area contributed by atoms with Crippen LogP contribution in [0, 0.1) is 5.82 Å². The van der Waals surface area contributed by atoms with E-state index < -0.39 is 11.7 Å². The Hall–Kier alpha value is -2.08. The zero-order valence-electron chi connectivity index (χ0n) is 10.6. The molecule has 0 spiro atoms. The van der Waals surface area contributed by atoms with Crippen LogP contribution < -0.4 is 15.8 Å². The molecule has 0 saturated carbocycles. The van der Waals surface area contributed by atoms with Gasteiger partial charge in [0.05, 0.1) is 18.4 Å². The van der Waals surface area contributed by atoms with Gasteiger partial charge in [-0.1, -0.05) is 22.0 Å². The highest BCUT2D eigenvalue weighted by molar-refractivity contribution is 9.10. The van der Waals surface area contributed by atoms with E-state index in [0.29, 0.717) is 11.3 Å². The minimum absolute atomic E-state index is 0.0394. The number of ether oxygens (including phenoxy) is 1. The van der Waals surface area contributed by atoms with E-state index in [1.165, 1.54) is 25.3 Å². The molecule has 0 aliphatic heterocycles. The highest BCUT2D eigenvalue weighted by atomic mass is 79.9. The lowest BCUT2D eigenvalue weighted by molar-refractivity contribution is 0.102. The molecule has 4 nitrogen and oxygen atoms in total. The third kappa shape index (κ3) is 2.91. The number of hydrogen-bond donors (Lipinski definition) is 2. The zero-order chi connectivity index (χ0) is 14.7. The fourth-order valence-electron chi connectivity index (χ4n) is 1.71. The van der Waals surface area contributed by atoms with E-state index >= 15 is 0 Å². The maximum absolute atomic E-state index is 13.6. The van der Waals surface area contributed by atoms with Crippen LogP contribution >= 0.6 is 15.9 Å². The van der Waals surface area contributed by atoms with Crippen LogP contribution in [0.25, 0.3) is 0 Å². The molecule has 0 saturated heterocycles. The standard InChI is InChI=1S/C14H12BrFN2O2/c1-20-12-7-8(15)5-6-9(12)14(19)18-13-10(16)3-2-4-11(13)17/h2-7H,17H2,1H3,(H,18,19). The number of anilines is 2. The number of para-hydroxylation sites is 1. The highest BCUT2D eigenvalue weighted by Gasteiger charge is 2.15. The Balaban J connectivity index is 2.33. The average Bonchev–Trinajstić information content (AvgIpc) is 2.42. The van der Waals surface area contributed by atoms with Gasteiger partial charge in [-0.05, 0) is 30.3 Å². The second kappa shape index (κ2) is 5.92. The Labute approximate surface area is 123 Å². The number of rotatable bonds is 3. The molecule has 2 aromatic rings. The molecule has 1 amide bonds. The Bertz CT molecular complexity index is 641. The summed E-state index contributed by atoms with van der Waals surface area (Å²) in [6.07, 6.45) is 0. The lowest BCUT2D eigenvalue weighted by Gasteiger charge is -2.11. The van der Waals surface area contributed by atoms with Crippen LogP contribution in [0.5, 0.6) is 5.75 Å². The smallest absolute Gasteiger partial charge is 0.259 e. The van der Waals surface area contributed by atoms with Gasteiger partial charge >= 0.3 is 0 Å². The molecular formula is C14H12BrFN2O2. The van der Waals surface area contributed by atoms with Crippen molar-refractivity contribution in [2.45, 2.75) is 0 Å². The Morgan fingerprint density at radius 1 is 1.35 bits per heavy atom. The summed E-state index contributed by atoms with van der Waals surface area (Å²) in [4.78, 5) is 12.2. The van der Waals surface area contributed by atoms with E-state index in [0.717, 1.165) is 4.47 Å². The van der Waals surface area contributed by atoms with Crippen molar-refractivity contribution in [3.63, 3.8) is 0 Å². The molecule has 2 rings (SSSR count). The number of amides is 1. The van der Waals surface area contributed by atoms with E-state index in [1.54, 1.807) is 18.2 Å². The van der Waals surface area contributed by atoms with Gasteiger partial charge in [0.15, 0.2) is 0 Å². The van der Waals surface area contributed by atoms with E-state index in [9.17, 15) is 9.18 Å². The predicted octanol–water partition coefficient (Wildman–Crippen LogP) is 3.43. The number of halogens is 2. The molecule has 20 heavy (non-hydrogen) atoms. The number of nitrogens with two attached hydrogens (primary N) is 1. The fourth-order valence-corrected chi connectivity index (χ4v) is 2.05. The minimum atomic E-state index is -0.588. The third-order valence-electron chi connectivity index (χ3n) is 2.69. The van der Waals surface area contributed by atoms with Crippen molar-refractivity contribution in [3.8, 4) is 5.75 Å². The lowest BCUT2D eigenvalue weighted by atomic mass is 10.1. The van der Waals surface area contributed by atoms with Crippen molar-refractivity contribution in [3.05, 3.63) is 52.3 Å². The number of nitrogen functional groups attached to an aromatic ring is 1. The van der Waals surface area contributed by atoms with Crippen molar-refractivity contribution in [2.24, 2.45) is 0 Å². The molecule has 0 aromatic heterocycles. The van der Waals surface area contributed by atoms with Gasteiger partial charge in [-0.25, -0.2) is 4.39 Å². The van der Waals surface area contributed by atoms with Gasteiger partial charge in [-0.15, -0.1) is 0 Å². The van der Waals surface area contributed by atoms with Crippen LogP contribution in [0.15, 0.2) is 40.9 Å². The van der Waals surface area contributed by atoms with Gasteiger partial charge in [0, 0.05) is 4.47 Å². The number of nitrogens with one attached hydrogen (secondary N) is 1. The van der Waals surface area contributed by atoms with E-state index in [2.05, 4.69) is 21.2 Å². The van der Waals surface area contributed by atoms with Gasteiger partial charge in [0.1, 0.15) is 17.3 Å². The van der Waals surface area contributed by atoms with Crippen molar-refractivity contribution < 1.29 is 13.9 Å². The molecule has 0 aliphatic rings. The number of hydrogen-bond acceptors (Lipinski definition) is 3. The van der Waals surface area contributed by atoms with Crippen LogP contribution in [0.4, 0.5) is 15.8 Å². The molecule has 0 atom stereocenters. The molecular weight excluding hydrogens is 327 g/mol. The Morgan fingerprint density at radius 2 is 2.10 bits per heavy atom. The molecule has 0 fully saturated rings. The predicted molar refractivity (Wildman–Crippen MR) is 79.5 cm³/mol. The first-order chi connectivity index (χ1) is 9.52. The first-order valence-corrected chi connectivity index (χ1v) is 6.51. The maximum Gasteiger partial charge on any atom is 0.259 e. The zero-order valence-corrected chi connectivity index (χ0v) is 12.2. The Morgan fingerprint density at radius 3 is 2.75 bits per heavy atom. The fraction of sp³-hybridized carbons (Fsp3) is 0.0714. The summed E-state index contributed by atoms with van der Waals surface area (Å²) in [6, 6.07) is 9.14. The van der Waals surface area contributed by atoms with E-state index in [4.69, 9.17) is 10.5 Å². The molecule has 6 heteroatoms. The summed E-state index contributed by atoms with van der Waals surface area (Å²) in [5.74, 6) is -0.702. The van der Waals surface area contributed by atoms with Crippen LogP contribution in [0.2, 0.25) is 0 Å². The SMILES string of the molecule is COc1cc(Br)ccc1C(=O)Nc1c(N)cccc1F. The number of methoxy groups -OCH3 is 1. The second-order valence-corrected chi connectivity index (χ2v) is 4.92. The third-order valence-corrected chi connectivity index (χ3v) is 3.19. The minimum Gasteiger partial charge on any atom is -0.496 e. The van der Waals surface area contributed by atoms with Gasteiger partial charge in [0.25, 0.3) is 5.91 Å². The normalized spacial score (nSPS) is 10.2. The summed E-state index contributed by atoms with van der Waals surface area (Å²) in [6.45, 7) is 0. The molecule has 0 aliphatic carbocycles. The highest BCUT2D eigenvalue weighted by Crippen LogP contribution is 2.27. The number of benzene rings is 2. The molecule has 3 N–H and O–H groups in total. The quantitative estimate of drug-likeness (QED) is 0.842. The van der Waals surface area contributed by atoms with Crippen LogP contribution in [-0.4, -0.2) is 13.0 Å². The maximum atomic E-state index is 13.6. The van der Waals surface area contributed by atoms with E-state index in [-0.39, 0.29) is 11.4 Å². The molecule has 0 unspecified atom stereocenters. The van der Waals surface area contributed by atoms with Gasteiger partial charge < -0.3 is 15.8 Å². The monoisotopic (exact) mass is 338 g/mol. The molecule has 104 valence electrons. The summed E-state index contributed by atoms with van der Waals surface area (Å²) in [5, 5.41) is 2.45. The molecule has 2 aromatic carbocycles. The van der Waals surface area contributed by atoms with Crippen LogP contribution in [0.1, 0.15) is 10.4 Å². The largest absolute Gasteiger partial charge is 0.496 e. The van der Waals surface area contributed by atoms with E-state index in [1.807, 2.05) is 0 Å². The Kier molecular flexibility index (Phi) is 4.24. The summed E-state index contributed by atoms with van der Waals surface area (Å²) < 4.78 is 19.5. The van der Waals surface area contributed by atoms with Crippen molar-refractivity contribution in [2.75, 3.05) is 18.2 Å². The first-order valence-electron chi connectivity index (χ1n) is 5.72. The van der Waals surface area contributed by atoms with Crippen molar-refractivity contribution >= 4 is 33.2 Å². The van der Waals surface area contributed by atoms with Crippen molar-refractivity contribution in [1.82, 2.24) is 0 Å². The van der Waals surface area contributed by atoms with Crippen molar-refractivity contribution in [1.29, 1.82) is 0 Å². The summed E-state index contributed by atoms with van der Waals surface area (Å²) in [7, 11) is 1.45. The van der Waals surface area contributed by atoms with Crippen LogP contribution in [0.3, 0.4) is 0 Å². The topological polar surface area (TPSA) is 64.3 Å². The first kappa shape index (κ1) is 14.3. The van der Waals surface area contributed by atoms with Gasteiger partial charge in [-0.2, -0.15) is 0 Å². The van der Waals surface area contributed by atoms with Crippen LogP contribution in [-0.2, 0) is 0 Å². The molecule has 0 radical (unpaired) electrons. The number of carbonyl (C=O) groups is 1. The number of carbonyl (C=O) groups excluding carboxylic acids is 1.